The molecule has 1 aliphatic rings. The Morgan fingerprint density at radius 3 is 2.70 bits per heavy atom. The summed E-state index contributed by atoms with van der Waals surface area (Å²) in [6.07, 6.45) is 1.18. The number of nitrogens with zero attached hydrogens (tertiary/aromatic N) is 1. The highest BCUT2D eigenvalue weighted by Gasteiger charge is 2.24. The van der Waals surface area contributed by atoms with Gasteiger partial charge in [0.2, 0.25) is 0 Å². The predicted molar refractivity (Wildman–Crippen MR) is 83.2 cm³/mol. The highest BCUT2D eigenvalue weighted by molar-refractivity contribution is 9.10. The molecule has 1 atom stereocenters. The molecule has 1 fully saturated rings. The van der Waals surface area contributed by atoms with E-state index in [4.69, 9.17) is 0 Å². The quantitative estimate of drug-likeness (QED) is 0.794. The fourth-order valence-electron chi connectivity index (χ4n) is 2.89. The number of benzene rings is 2. The standard InChI is InChI=1S/C17H17BrFN/c18-17-15(7-4-8-16(17)19)12-20-10-9-14(11-20)13-5-2-1-3-6-13/h1-8,14H,9-12H2. The highest BCUT2D eigenvalue weighted by Crippen LogP contribution is 2.29. The van der Waals surface area contributed by atoms with Crippen LogP contribution >= 0.6 is 15.9 Å². The Bertz CT molecular complexity index is 585. The molecule has 2 aromatic rings. The minimum absolute atomic E-state index is 0.179. The van der Waals surface area contributed by atoms with Crippen LogP contribution in [-0.4, -0.2) is 18.0 Å². The minimum Gasteiger partial charge on any atom is -0.298 e. The van der Waals surface area contributed by atoms with Crippen molar-refractivity contribution in [2.24, 2.45) is 0 Å². The van der Waals surface area contributed by atoms with E-state index in [2.05, 4.69) is 51.2 Å². The van der Waals surface area contributed by atoms with E-state index in [-0.39, 0.29) is 5.82 Å². The Morgan fingerprint density at radius 1 is 1.10 bits per heavy atom. The third-order valence-electron chi connectivity index (χ3n) is 3.97. The summed E-state index contributed by atoms with van der Waals surface area (Å²) >= 11 is 3.35. The van der Waals surface area contributed by atoms with Gasteiger partial charge < -0.3 is 0 Å². The highest BCUT2D eigenvalue weighted by atomic mass is 79.9. The van der Waals surface area contributed by atoms with E-state index >= 15 is 0 Å². The third-order valence-corrected chi connectivity index (χ3v) is 4.86. The van der Waals surface area contributed by atoms with Gasteiger partial charge in [-0.25, -0.2) is 4.39 Å². The van der Waals surface area contributed by atoms with Crippen molar-refractivity contribution in [3.63, 3.8) is 0 Å². The Balaban J connectivity index is 1.68. The lowest BCUT2D eigenvalue weighted by molar-refractivity contribution is 0.325. The second kappa shape index (κ2) is 6.06. The molecule has 0 saturated carbocycles. The molecule has 0 aromatic heterocycles. The number of hydrogen-bond donors (Lipinski definition) is 0. The van der Waals surface area contributed by atoms with Gasteiger partial charge in [-0.05, 0) is 52.0 Å². The molecule has 1 heterocycles. The second-order valence-electron chi connectivity index (χ2n) is 5.34. The summed E-state index contributed by atoms with van der Waals surface area (Å²) in [4.78, 5) is 2.40. The molecule has 1 aliphatic heterocycles. The Kier molecular flexibility index (Phi) is 4.18. The van der Waals surface area contributed by atoms with Crippen LogP contribution in [0.2, 0.25) is 0 Å². The number of rotatable bonds is 3. The van der Waals surface area contributed by atoms with Gasteiger partial charge in [0, 0.05) is 13.1 Å². The summed E-state index contributed by atoms with van der Waals surface area (Å²) in [5, 5.41) is 0. The summed E-state index contributed by atoms with van der Waals surface area (Å²) in [7, 11) is 0. The lowest BCUT2D eigenvalue weighted by atomic mass is 9.99. The average Bonchev–Trinajstić information content (AvgIpc) is 2.93. The van der Waals surface area contributed by atoms with Gasteiger partial charge in [0.05, 0.1) is 4.47 Å². The molecule has 20 heavy (non-hydrogen) atoms. The van der Waals surface area contributed by atoms with Gasteiger partial charge in [0.25, 0.3) is 0 Å². The first-order valence-corrected chi connectivity index (χ1v) is 7.73. The van der Waals surface area contributed by atoms with E-state index in [1.54, 1.807) is 6.07 Å². The topological polar surface area (TPSA) is 3.24 Å². The number of hydrogen-bond acceptors (Lipinski definition) is 1. The SMILES string of the molecule is Fc1cccc(CN2CCC(c3ccccc3)C2)c1Br. The van der Waals surface area contributed by atoms with E-state index < -0.39 is 0 Å². The van der Waals surface area contributed by atoms with Gasteiger partial charge in [-0.1, -0.05) is 42.5 Å². The zero-order valence-electron chi connectivity index (χ0n) is 11.2. The Hall–Kier alpha value is -1.19. The third kappa shape index (κ3) is 2.94. The van der Waals surface area contributed by atoms with Crippen LogP contribution in [-0.2, 0) is 6.54 Å². The van der Waals surface area contributed by atoms with Gasteiger partial charge in [-0.15, -0.1) is 0 Å². The Morgan fingerprint density at radius 2 is 1.90 bits per heavy atom. The summed E-state index contributed by atoms with van der Waals surface area (Å²) in [6, 6.07) is 15.9. The summed E-state index contributed by atoms with van der Waals surface area (Å²) < 4.78 is 14.1. The van der Waals surface area contributed by atoms with Crippen molar-refractivity contribution in [3.8, 4) is 0 Å². The first-order chi connectivity index (χ1) is 9.74. The molecule has 0 N–H and O–H groups in total. The summed E-state index contributed by atoms with van der Waals surface area (Å²) in [5.41, 5.74) is 2.44. The molecule has 3 rings (SSSR count). The first kappa shape index (κ1) is 13.8. The molecule has 2 aromatic carbocycles. The van der Waals surface area contributed by atoms with Crippen molar-refractivity contribution < 1.29 is 4.39 Å². The van der Waals surface area contributed by atoms with Crippen molar-refractivity contribution >= 4 is 15.9 Å². The summed E-state index contributed by atoms with van der Waals surface area (Å²) in [6.45, 7) is 2.93. The van der Waals surface area contributed by atoms with Crippen LogP contribution in [0.1, 0.15) is 23.5 Å². The monoisotopic (exact) mass is 333 g/mol. The molecular formula is C17H17BrFN. The minimum atomic E-state index is -0.179. The van der Waals surface area contributed by atoms with Crippen molar-refractivity contribution in [3.05, 3.63) is 69.9 Å². The van der Waals surface area contributed by atoms with Gasteiger partial charge in [-0.2, -0.15) is 0 Å². The van der Waals surface area contributed by atoms with Crippen LogP contribution in [0.25, 0.3) is 0 Å². The van der Waals surface area contributed by atoms with Gasteiger partial charge >= 0.3 is 0 Å². The fourth-order valence-corrected chi connectivity index (χ4v) is 3.27. The molecule has 0 spiro atoms. The van der Waals surface area contributed by atoms with Crippen LogP contribution in [0, 0.1) is 5.82 Å². The molecule has 104 valence electrons. The maximum absolute atomic E-state index is 13.5. The van der Waals surface area contributed by atoms with E-state index in [9.17, 15) is 4.39 Å². The van der Waals surface area contributed by atoms with Crippen molar-refractivity contribution in [2.45, 2.75) is 18.9 Å². The van der Waals surface area contributed by atoms with Crippen molar-refractivity contribution in [1.29, 1.82) is 0 Å². The van der Waals surface area contributed by atoms with Crippen LogP contribution in [0.3, 0.4) is 0 Å². The lowest BCUT2D eigenvalue weighted by Crippen LogP contribution is -2.20. The molecular weight excluding hydrogens is 317 g/mol. The van der Waals surface area contributed by atoms with Crippen LogP contribution in [0.5, 0.6) is 0 Å². The molecule has 0 radical (unpaired) electrons. The van der Waals surface area contributed by atoms with E-state index in [0.29, 0.717) is 10.4 Å². The Labute approximate surface area is 127 Å². The van der Waals surface area contributed by atoms with Crippen molar-refractivity contribution in [2.75, 3.05) is 13.1 Å². The summed E-state index contributed by atoms with van der Waals surface area (Å²) in [5.74, 6) is 0.421. The molecule has 0 amide bonds. The van der Waals surface area contributed by atoms with E-state index in [1.165, 1.54) is 18.1 Å². The lowest BCUT2D eigenvalue weighted by Gasteiger charge is -2.17. The number of likely N-dealkylation sites (tertiary alicyclic amines) is 1. The van der Waals surface area contributed by atoms with Crippen molar-refractivity contribution in [1.82, 2.24) is 4.90 Å². The van der Waals surface area contributed by atoms with E-state index in [0.717, 1.165) is 25.2 Å². The van der Waals surface area contributed by atoms with Gasteiger partial charge in [0.15, 0.2) is 0 Å². The maximum atomic E-state index is 13.5. The zero-order chi connectivity index (χ0) is 13.9. The molecule has 0 bridgehead atoms. The first-order valence-electron chi connectivity index (χ1n) is 6.94. The van der Waals surface area contributed by atoms with E-state index in [1.807, 2.05) is 6.07 Å². The van der Waals surface area contributed by atoms with Crippen LogP contribution in [0.15, 0.2) is 53.0 Å². The average molecular weight is 334 g/mol. The van der Waals surface area contributed by atoms with Gasteiger partial charge in [-0.3, -0.25) is 4.90 Å². The number of halogens is 2. The maximum Gasteiger partial charge on any atom is 0.137 e. The predicted octanol–water partition coefficient (Wildman–Crippen LogP) is 4.58. The molecule has 0 aliphatic carbocycles. The largest absolute Gasteiger partial charge is 0.298 e. The molecule has 1 unspecified atom stereocenters. The molecule has 1 nitrogen and oxygen atoms in total. The van der Waals surface area contributed by atoms with Crippen LogP contribution < -0.4 is 0 Å². The molecule has 1 saturated heterocycles. The normalized spacial score (nSPS) is 19.4. The zero-order valence-corrected chi connectivity index (χ0v) is 12.8. The smallest absolute Gasteiger partial charge is 0.137 e. The second-order valence-corrected chi connectivity index (χ2v) is 6.14. The van der Waals surface area contributed by atoms with Crippen LogP contribution in [0.4, 0.5) is 4.39 Å². The fraction of sp³-hybridized carbons (Fsp3) is 0.294. The van der Waals surface area contributed by atoms with Gasteiger partial charge in [0.1, 0.15) is 5.82 Å². The molecule has 3 heteroatoms.